The third-order valence-electron chi connectivity index (χ3n) is 3.79. The maximum Gasteiger partial charge on any atom is 0.0594 e. The number of benzene rings is 1. The van der Waals surface area contributed by atoms with Crippen molar-refractivity contribution in [3.63, 3.8) is 0 Å². The van der Waals surface area contributed by atoms with Crippen molar-refractivity contribution >= 4 is 15.9 Å². The first-order chi connectivity index (χ1) is 9.31. The van der Waals surface area contributed by atoms with Gasteiger partial charge in [-0.2, -0.15) is 0 Å². The van der Waals surface area contributed by atoms with Gasteiger partial charge < -0.3 is 10.1 Å². The topological polar surface area (TPSA) is 24.5 Å². The van der Waals surface area contributed by atoms with Crippen LogP contribution in [0.4, 0.5) is 0 Å². The molecule has 3 rings (SSSR count). The van der Waals surface area contributed by atoms with Crippen LogP contribution in [0.1, 0.15) is 24.0 Å². The molecular formula is C15H21BrN2O. The van der Waals surface area contributed by atoms with Crippen LogP contribution in [0.3, 0.4) is 0 Å². The van der Waals surface area contributed by atoms with Gasteiger partial charge in [0.05, 0.1) is 13.2 Å². The largest absolute Gasteiger partial charge is 0.379 e. The van der Waals surface area contributed by atoms with Crippen LogP contribution in [0.5, 0.6) is 0 Å². The van der Waals surface area contributed by atoms with Gasteiger partial charge in [-0.15, -0.1) is 0 Å². The molecule has 0 aromatic heterocycles. The number of rotatable bonds is 5. The zero-order valence-electron chi connectivity index (χ0n) is 11.2. The number of hydrogen-bond donors (Lipinski definition) is 1. The Morgan fingerprint density at radius 2 is 2.05 bits per heavy atom. The van der Waals surface area contributed by atoms with E-state index in [0.29, 0.717) is 0 Å². The van der Waals surface area contributed by atoms with E-state index in [1.165, 1.54) is 28.4 Å². The summed E-state index contributed by atoms with van der Waals surface area (Å²) < 4.78 is 6.62. The zero-order chi connectivity index (χ0) is 13.1. The fourth-order valence-corrected chi connectivity index (χ4v) is 2.93. The highest BCUT2D eigenvalue weighted by molar-refractivity contribution is 9.10. The van der Waals surface area contributed by atoms with Crippen LogP contribution in [0.2, 0.25) is 0 Å². The quantitative estimate of drug-likeness (QED) is 0.900. The molecule has 0 spiro atoms. The lowest BCUT2D eigenvalue weighted by Crippen LogP contribution is -2.35. The summed E-state index contributed by atoms with van der Waals surface area (Å²) in [6, 6.07) is 7.52. The summed E-state index contributed by atoms with van der Waals surface area (Å²) in [5.74, 6) is 0. The molecule has 0 bridgehead atoms. The van der Waals surface area contributed by atoms with E-state index in [1.807, 2.05) is 0 Å². The van der Waals surface area contributed by atoms with Crippen LogP contribution in [0.15, 0.2) is 22.7 Å². The highest BCUT2D eigenvalue weighted by Gasteiger charge is 2.20. The predicted molar refractivity (Wildman–Crippen MR) is 80.1 cm³/mol. The molecule has 0 radical (unpaired) electrons. The average molecular weight is 325 g/mol. The summed E-state index contributed by atoms with van der Waals surface area (Å²) in [6.45, 7) is 5.80. The van der Waals surface area contributed by atoms with E-state index in [-0.39, 0.29) is 0 Å². The second-order valence-electron chi connectivity index (χ2n) is 5.47. The van der Waals surface area contributed by atoms with Crippen molar-refractivity contribution in [2.75, 3.05) is 26.3 Å². The lowest BCUT2D eigenvalue weighted by atomic mass is 10.1. The Hall–Kier alpha value is -0.420. The van der Waals surface area contributed by atoms with Crippen molar-refractivity contribution < 1.29 is 4.74 Å². The minimum atomic E-state index is 0.770. The third-order valence-corrected chi connectivity index (χ3v) is 4.53. The van der Waals surface area contributed by atoms with E-state index in [9.17, 15) is 0 Å². The van der Waals surface area contributed by atoms with Crippen LogP contribution < -0.4 is 5.32 Å². The Balaban J connectivity index is 1.58. The number of nitrogens with zero attached hydrogens (tertiary/aromatic N) is 1. The molecule has 19 heavy (non-hydrogen) atoms. The maximum absolute atomic E-state index is 5.39. The first-order valence-corrected chi connectivity index (χ1v) is 7.91. The Morgan fingerprint density at radius 1 is 1.26 bits per heavy atom. The van der Waals surface area contributed by atoms with Crippen molar-refractivity contribution in [3.8, 4) is 0 Å². The molecule has 0 atom stereocenters. The number of hydrogen-bond acceptors (Lipinski definition) is 3. The van der Waals surface area contributed by atoms with Gasteiger partial charge in [0.25, 0.3) is 0 Å². The summed E-state index contributed by atoms with van der Waals surface area (Å²) in [7, 11) is 0. The van der Waals surface area contributed by atoms with Crippen molar-refractivity contribution in [3.05, 3.63) is 33.8 Å². The Kier molecular flexibility index (Phi) is 4.53. The Bertz CT molecular complexity index is 428. The van der Waals surface area contributed by atoms with Crippen molar-refractivity contribution in [2.45, 2.75) is 32.0 Å². The van der Waals surface area contributed by atoms with Crippen LogP contribution in [-0.2, 0) is 17.8 Å². The molecule has 3 nitrogen and oxygen atoms in total. The molecule has 1 aliphatic heterocycles. The van der Waals surface area contributed by atoms with E-state index < -0.39 is 0 Å². The zero-order valence-corrected chi connectivity index (χ0v) is 12.8. The first-order valence-electron chi connectivity index (χ1n) is 7.12. The number of nitrogens with one attached hydrogen (secondary N) is 1. The van der Waals surface area contributed by atoms with Gasteiger partial charge in [-0.1, -0.05) is 28.1 Å². The number of ether oxygens (including phenoxy) is 1. The number of morpholine rings is 1. The summed E-state index contributed by atoms with van der Waals surface area (Å²) >= 11 is 3.71. The Morgan fingerprint density at radius 3 is 2.74 bits per heavy atom. The van der Waals surface area contributed by atoms with Crippen LogP contribution in [-0.4, -0.2) is 37.2 Å². The normalized spacial score (nSPS) is 20.7. The van der Waals surface area contributed by atoms with Gasteiger partial charge >= 0.3 is 0 Å². The van der Waals surface area contributed by atoms with Crippen LogP contribution in [0.25, 0.3) is 0 Å². The molecule has 4 heteroatoms. The van der Waals surface area contributed by atoms with Crippen molar-refractivity contribution in [1.82, 2.24) is 10.2 Å². The maximum atomic E-state index is 5.39. The lowest BCUT2D eigenvalue weighted by Gasteiger charge is -2.27. The lowest BCUT2D eigenvalue weighted by molar-refractivity contribution is 0.0341. The first kappa shape index (κ1) is 13.6. The molecule has 1 aromatic rings. The van der Waals surface area contributed by atoms with Crippen molar-refractivity contribution in [2.24, 2.45) is 0 Å². The van der Waals surface area contributed by atoms with E-state index in [1.54, 1.807) is 0 Å². The molecule has 2 aliphatic rings. The van der Waals surface area contributed by atoms with E-state index in [4.69, 9.17) is 4.74 Å². The van der Waals surface area contributed by atoms with Crippen molar-refractivity contribution in [1.29, 1.82) is 0 Å². The molecule has 0 amide bonds. The monoisotopic (exact) mass is 324 g/mol. The minimum Gasteiger partial charge on any atom is -0.379 e. The molecule has 1 N–H and O–H groups in total. The molecule has 2 fully saturated rings. The molecule has 1 saturated carbocycles. The van der Waals surface area contributed by atoms with Gasteiger partial charge in [-0.05, 0) is 30.0 Å². The number of halogens is 1. The highest BCUT2D eigenvalue weighted by atomic mass is 79.9. The minimum absolute atomic E-state index is 0.770. The molecule has 0 unspecified atom stereocenters. The molecule has 104 valence electrons. The van der Waals surface area contributed by atoms with Gasteiger partial charge in [0, 0.05) is 36.7 Å². The fraction of sp³-hybridized carbons (Fsp3) is 0.600. The van der Waals surface area contributed by atoms with Gasteiger partial charge in [0.15, 0.2) is 0 Å². The smallest absolute Gasteiger partial charge is 0.0594 e. The van der Waals surface area contributed by atoms with E-state index in [2.05, 4.69) is 44.3 Å². The third kappa shape index (κ3) is 4.02. The SMILES string of the molecule is Brc1cc(CNC2CC2)ccc1CN1CCOCC1. The molecule has 1 aromatic carbocycles. The van der Waals surface area contributed by atoms with E-state index in [0.717, 1.165) is 45.4 Å². The standard InChI is InChI=1S/C15H21BrN2O/c16-15-9-12(10-17-14-3-4-14)1-2-13(15)11-18-5-7-19-8-6-18/h1-2,9,14,17H,3-8,10-11H2. The summed E-state index contributed by atoms with van der Waals surface area (Å²) in [6.07, 6.45) is 2.69. The van der Waals surface area contributed by atoms with Gasteiger partial charge in [-0.3, -0.25) is 4.90 Å². The molecular weight excluding hydrogens is 304 g/mol. The highest BCUT2D eigenvalue weighted by Crippen LogP contribution is 2.23. The second kappa shape index (κ2) is 6.35. The molecule has 1 aliphatic carbocycles. The average Bonchev–Trinajstić information content (AvgIpc) is 3.25. The Labute approximate surface area is 123 Å². The summed E-state index contributed by atoms with van der Waals surface area (Å²) in [4.78, 5) is 2.45. The van der Waals surface area contributed by atoms with Crippen LogP contribution >= 0.6 is 15.9 Å². The van der Waals surface area contributed by atoms with E-state index >= 15 is 0 Å². The predicted octanol–water partition coefficient (Wildman–Crippen LogP) is 2.53. The van der Waals surface area contributed by atoms with Crippen LogP contribution in [0, 0.1) is 0 Å². The fourth-order valence-electron chi connectivity index (χ4n) is 2.38. The van der Waals surface area contributed by atoms with Gasteiger partial charge in [0.2, 0.25) is 0 Å². The summed E-state index contributed by atoms with van der Waals surface area (Å²) in [5, 5.41) is 3.55. The molecule has 1 saturated heterocycles. The van der Waals surface area contributed by atoms with Gasteiger partial charge in [-0.25, -0.2) is 0 Å². The summed E-state index contributed by atoms with van der Waals surface area (Å²) in [5.41, 5.74) is 2.74. The molecule has 1 heterocycles. The second-order valence-corrected chi connectivity index (χ2v) is 6.32. The van der Waals surface area contributed by atoms with Gasteiger partial charge in [0.1, 0.15) is 0 Å².